The van der Waals surface area contributed by atoms with E-state index < -0.39 is 5.25 Å². The first-order valence-corrected chi connectivity index (χ1v) is 12.6. The van der Waals surface area contributed by atoms with Crippen LogP contribution in [0.2, 0.25) is 0 Å². The number of carbonyl (C=O) groups excluding carboxylic acids is 3. The molecule has 186 valence electrons. The van der Waals surface area contributed by atoms with Gasteiger partial charge in [-0.05, 0) is 72.6 Å². The van der Waals surface area contributed by atoms with Crippen LogP contribution < -0.4 is 16.0 Å². The maximum atomic E-state index is 13.3. The summed E-state index contributed by atoms with van der Waals surface area (Å²) >= 11 is 1.43. The molecule has 0 saturated heterocycles. The lowest BCUT2D eigenvalue weighted by Gasteiger charge is -2.18. The SMILES string of the molecule is CC(=O)Nc1ccc(NC(=O)C(Sc2ccc(NC(=O)c3ccccc3C)cc2)c2ccccc2)cc1. The van der Waals surface area contributed by atoms with Gasteiger partial charge in [0.15, 0.2) is 0 Å². The zero-order chi connectivity index (χ0) is 26.2. The number of nitrogens with one attached hydrogen (secondary N) is 3. The molecule has 3 amide bonds. The number of rotatable bonds is 8. The van der Waals surface area contributed by atoms with E-state index >= 15 is 0 Å². The van der Waals surface area contributed by atoms with Crippen LogP contribution >= 0.6 is 11.8 Å². The molecule has 0 bridgehead atoms. The highest BCUT2D eigenvalue weighted by molar-refractivity contribution is 8.00. The van der Waals surface area contributed by atoms with Crippen LogP contribution in [-0.4, -0.2) is 17.7 Å². The van der Waals surface area contributed by atoms with E-state index in [1.54, 1.807) is 30.3 Å². The molecule has 0 aliphatic heterocycles. The summed E-state index contributed by atoms with van der Waals surface area (Å²) in [6.07, 6.45) is 0. The molecule has 0 aromatic heterocycles. The van der Waals surface area contributed by atoms with Crippen LogP contribution in [0.25, 0.3) is 0 Å². The second-order valence-electron chi connectivity index (χ2n) is 8.45. The summed E-state index contributed by atoms with van der Waals surface area (Å²) in [5.74, 6) is -0.483. The normalized spacial score (nSPS) is 11.3. The van der Waals surface area contributed by atoms with E-state index in [1.807, 2.05) is 79.7 Å². The van der Waals surface area contributed by atoms with E-state index in [0.29, 0.717) is 22.6 Å². The number of carbonyl (C=O) groups is 3. The Labute approximate surface area is 220 Å². The summed E-state index contributed by atoms with van der Waals surface area (Å²) < 4.78 is 0. The van der Waals surface area contributed by atoms with E-state index in [9.17, 15) is 14.4 Å². The fraction of sp³-hybridized carbons (Fsp3) is 0.100. The van der Waals surface area contributed by atoms with Crippen LogP contribution in [0.15, 0.2) is 108 Å². The van der Waals surface area contributed by atoms with Gasteiger partial charge in [-0.15, -0.1) is 11.8 Å². The number of anilines is 3. The standard InChI is InChI=1S/C30H27N3O3S/c1-20-8-6-7-11-27(20)29(35)32-25-16-18-26(19-17-25)37-28(22-9-4-3-5-10-22)30(36)33-24-14-12-23(13-15-24)31-21(2)34/h3-19,28H,1-2H3,(H,31,34)(H,32,35)(H,33,36). The highest BCUT2D eigenvalue weighted by Crippen LogP contribution is 2.37. The fourth-order valence-corrected chi connectivity index (χ4v) is 4.75. The molecule has 0 radical (unpaired) electrons. The summed E-state index contributed by atoms with van der Waals surface area (Å²) in [7, 11) is 0. The van der Waals surface area contributed by atoms with Crippen molar-refractivity contribution in [2.24, 2.45) is 0 Å². The summed E-state index contributed by atoms with van der Waals surface area (Å²) in [5, 5.41) is 8.12. The first-order valence-electron chi connectivity index (χ1n) is 11.8. The van der Waals surface area contributed by atoms with E-state index in [-0.39, 0.29) is 17.7 Å². The Balaban J connectivity index is 1.47. The molecule has 4 aromatic rings. The van der Waals surface area contributed by atoms with Crippen LogP contribution in [0.4, 0.5) is 17.1 Å². The lowest BCUT2D eigenvalue weighted by molar-refractivity contribution is -0.116. The number of thioether (sulfide) groups is 1. The van der Waals surface area contributed by atoms with Gasteiger partial charge < -0.3 is 16.0 Å². The highest BCUT2D eigenvalue weighted by Gasteiger charge is 2.22. The second-order valence-corrected chi connectivity index (χ2v) is 9.63. The molecule has 4 rings (SSSR count). The summed E-state index contributed by atoms with van der Waals surface area (Å²) in [4.78, 5) is 38.1. The third-order valence-electron chi connectivity index (χ3n) is 5.57. The number of aryl methyl sites for hydroxylation is 1. The highest BCUT2D eigenvalue weighted by atomic mass is 32.2. The zero-order valence-electron chi connectivity index (χ0n) is 20.5. The first-order chi connectivity index (χ1) is 17.9. The molecule has 1 atom stereocenters. The van der Waals surface area contributed by atoms with Gasteiger partial charge in [-0.25, -0.2) is 0 Å². The van der Waals surface area contributed by atoms with Crippen molar-refractivity contribution < 1.29 is 14.4 Å². The average molecular weight is 510 g/mol. The molecule has 0 spiro atoms. The topological polar surface area (TPSA) is 87.3 Å². The van der Waals surface area contributed by atoms with Crippen molar-refractivity contribution in [1.82, 2.24) is 0 Å². The fourth-order valence-electron chi connectivity index (χ4n) is 3.73. The number of hydrogen-bond acceptors (Lipinski definition) is 4. The van der Waals surface area contributed by atoms with Gasteiger partial charge >= 0.3 is 0 Å². The summed E-state index contributed by atoms with van der Waals surface area (Å²) in [6.45, 7) is 3.35. The number of amides is 3. The monoisotopic (exact) mass is 509 g/mol. The second kappa shape index (κ2) is 12.1. The molecule has 0 aliphatic carbocycles. The minimum Gasteiger partial charge on any atom is -0.326 e. The van der Waals surface area contributed by atoms with Gasteiger partial charge in [0.2, 0.25) is 11.8 Å². The number of benzene rings is 4. The molecular formula is C30H27N3O3S. The van der Waals surface area contributed by atoms with Crippen molar-refractivity contribution in [2.75, 3.05) is 16.0 Å². The van der Waals surface area contributed by atoms with Gasteiger partial charge in [0.1, 0.15) is 5.25 Å². The van der Waals surface area contributed by atoms with Crippen molar-refractivity contribution >= 4 is 46.5 Å². The van der Waals surface area contributed by atoms with Crippen molar-refractivity contribution in [3.05, 3.63) is 120 Å². The average Bonchev–Trinajstić information content (AvgIpc) is 2.89. The van der Waals surface area contributed by atoms with Gasteiger partial charge in [-0.1, -0.05) is 48.5 Å². The first kappa shape index (κ1) is 25.7. The van der Waals surface area contributed by atoms with Crippen LogP contribution in [0.1, 0.15) is 33.7 Å². The Morgan fingerprint density at radius 1 is 0.649 bits per heavy atom. The Morgan fingerprint density at radius 3 is 1.81 bits per heavy atom. The van der Waals surface area contributed by atoms with Crippen molar-refractivity contribution in [1.29, 1.82) is 0 Å². The summed E-state index contributed by atoms with van der Waals surface area (Å²) in [6, 6.07) is 31.5. The molecule has 0 saturated carbocycles. The van der Waals surface area contributed by atoms with E-state index in [1.165, 1.54) is 18.7 Å². The Morgan fingerprint density at radius 2 is 1.19 bits per heavy atom. The zero-order valence-corrected chi connectivity index (χ0v) is 21.3. The van der Waals surface area contributed by atoms with Crippen LogP contribution in [0.5, 0.6) is 0 Å². The minimum absolute atomic E-state index is 0.155. The smallest absolute Gasteiger partial charge is 0.255 e. The van der Waals surface area contributed by atoms with Gasteiger partial charge in [0.25, 0.3) is 5.91 Å². The van der Waals surface area contributed by atoms with Crippen LogP contribution in [0.3, 0.4) is 0 Å². The predicted octanol–water partition coefficient (Wildman–Crippen LogP) is 6.68. The molecule has 0 fully saturated rings. The quantitative estimate of drug-likeness (QED) is 0.231. The van der Waals surface area contributed by atoms with Crippen molar-refractivity contribution in [3.8, 4) is 0 Å². The number of hydrogen-bond donors (Lipinski definition) is 3. The molecule has 1 unspecified atom stereocenters. The molecule has 0 aliphatic rings. The predicted molar refractivity (Wildman–Crippen MR) is 150 cm³/mol. The summed E-state index contributed by atoms with van der Waals surface area (Å²) in [5.41, 5.74) is 4.39. The maximum absolute atomic E-state index is 13.3. The van der Waals surface area contributed by atoms with Crippen molar-refractivity contribution in [3.63, 3.8) is 0 Å². The van der Waals surface area contributed by atoms with Gasteiger partial charge in [-0.3, -0.25) is 14.4 Å². The van der Waals surface area contributed by atoms with E-state index in [0.717, 1.165) is 16.0 Å². The Bertz CT molecular complexity index is 1390. The van der Waals surface area contributed by atoms with Crippen LogP contribution in [-0.2, 0) is 9.59 Å². The van der Waals surface area contributed by atoms with Gasteiger partial charge in [0, 0.05) is 34.4 Å². The minimum atomic E-state index is -0.497. The van der Waals surface area contributed by atoms with Crippen LogP contribution in [0, 0.1) is 6.92 Å². The maximum Gasteiger partial charge on any atom is 0.255 e. The molecular weight excluding hydrogens is 482 g/mol. The Hall–Kier alpha value is -4.36. The Kier molecular flexibility index (Phi) is 8.38. The van der Waals surface area contributed by atoms with E-state index in [2.05, 4.69) is 16.0 Å². The van der Waals surface area contributed by atoms with E-state index in [4.69, 9.17) is 0 Å². The van der Waals surface area contributed by atoms with Crippen molar-refractivity contribution in [2.45, 2.75) is 24.0 Å². The molecule has 4 aromatic carbocycles. The third-order valence-corrected chi connectivity index (χ3v) is 6.84. The van der Waals surface area contributed by atoms with Gasteiger partial charge in [-0.2, -0.15) is 0 Å². The third kappa shape index (κ3) is 7.08. The van der Waals surface area contributed by atoms with Gasteiger partial charge in [0.05, 0.1) is 0 Å². The molecule has 6 nitrogen and oxygen atoms in total. The lowest BCUT2D eigenvalue weighted by atomic mass is 10.1. The molecule has 37 heavy (non-hydrogen) atoms. The molecule has 7 heteroatoms. The largest absolute Gasteiger partial charge is 0.326 e. The lowest BCUT2D eigenvalue weighted by Crippen LogP contribution is -2.19. The molecule has 0 heterocycles. The molecule has 3 N–H and O–H groups in total.